The zero-order valence-corrected chi connectivity index (χ0v) is 21.3. The summed E-state index contributed by atoms with van der Waals surface area (Å²) in [6.07, 6.45) is 0.467. The van der Waals surface area contributed by atoms with Gasteiger partial charge in [-0.05, 0) is 41.7 Å². The van der Waals surface area contributed by atoms with Crippen LogP contribution in [0.15, 0.2) is 60.8 Å². The van der Waals surface area contributed by atoms with Gasteiger partial charge in [-0.25, -0.2) is 8.78 Å². The molecule has 2 aromatic carbocycles. The molecule has 0 amide bonds. The van der Waals surface area contributed by atoms with Gasteiger partial charge in [-0.1, -0.05) is 51.1 Å². The number of aliphatic hydroxyl groups excluding tert-OH is 2. The molecule has 0 aliphatic heterocycles. The normalized spacial score (nSPS) is 14.5. The highest BCUT2D eigenvalue weighted by atomic mass is 19.1. The van der Waals surface area contributed by atoms with Crippen molar-refractivity contribution in [3.63, 3.8) is 0 Å². The fraction of sp³-hybridized carbons (Fsp3) is 0.393. The van der Waals surface area contributed by atoms with Gasteiger partial charge in [-0.2, -0.15) is 0 Å². The molecule has 0 bridgehead atoms. The number of carboxylic acid groups (broad SMARTS) is 1. The highest BCUT2D eigenvalue weighted by Gasteiger charge is 2.37. The summed E-state index contributed by atoms with van der Waals surface area (Å²) in [5.74, 6) is -2.31. The summed E-state index contributed by atoms with van der Waals surface area (Å²) in [5.41, 5.74) is 7.43. The third-order valence-corrected chi connectivity index (χ3v) is 6.36. The molecule has 0 fully saturated rings. The second-order valence-electron chi connectivity index (χ2n) is 10.3. The fourth-order valence-electron chi connectivity index (χ4n) is 4.62. The molecular formula is C28H35F2N3O4. The number of benzene rings is 2. The van der Waals surface area contributed by atoms with Crippen LogP contribution in [0.1, 0.15) is 44.5 Å². The van der Waals surface area contributed by atoms with Crippen molar-refractivity contribution in [3.8, 4) is 11.1 Å². The first kappa shape index (κ1) is 28.5. The van der Waals surface area contributed by atoms with Crippen molar-refractivity contribution in [1.82, 2.24) is 9.47 Å². The molecule has 0 spiro atoms. The highest BCUT2D eigenvalue weighted by molar-refractivity contribution is 5.73. The predicted octanol–water partition coefficient (Wildman–Crippen LogP) is 3.98. The zero-order chi connectivity index (χ0) is 27.3. The van der Waals surface area contributed by atoms with Gasteiger partial charge in [0.1, 0.15) is 23.9 Å². The smallest absolute Gasteiger partial charge is 0.320 e. The molecule has 3 rings (SSSR count). The first-order valence-electron chi connectivity index (χ1n) is 12.1. The second-order valence-corrected chi connectivity index (χ2v) is 10.3. The van der Waals surface area contributed by atoms with Crippen LogP contribution < -0.4 is 5.73 Å². The van der Waals surface area contributed by atoms with E-state index in [0.29, 0.717) is 17.8 Å². The van der Waals surface area contributed by atoms with Crippen molar-refractivity contribution in [3.05, 3.63) is 83.7 Å². The van der Waals surface area contributed by atoms with E-state index in [4.69, 9.17) is 5.73 Å². The van der Waals surface area contributed by atoms with E-state index >= 15 is 0 Å². The first-order chi connectivity index (χ1) is 17.4. The van der Waals surface area contributed by atoms with E-state index in [-0.39, 0.29) is 18.5 Å². The maximum atomic E-state index is 14.8. The summed E-state index contributed by atoms with van der Waals surface area (Å²) in [5, 5.41) is 29.9. The van der Waals surface area contributed by atoms with E-state index in [0.717, 1.165) is 23.8 Å². The van der Waals surface area contributed by atoms with Crippen LogP contribution >= 0.6 is 0 Å². The van der Waals surface area contributed by atoms with Gasteiger partial charge in [0, 0.05) is 36.1 Å². The Morgan fingerprint density at radius 1 is 1.11 bits per heavy atom. The third kappa shape index (κ3) is 7.01. The van der Waals surface area contributed by atoms with E-state index in [1.54, 1.807) is 17.2 Å². The number of aliphatic hydroxyl groups is 2. The van der Waals surface area contributed by atoms with E-state index in [1.165, 1.54) is 0 Å². The molecule has 0 saturated heterocycles. The van der Waals surface area contributed by atoms with Crippen molar-refractivity contribution in [2.24, 2.45) is 11.1 Å². The van der Waals surface area contributed by atoms with Crippen LogP contribution in [0, 0.1) is 17.0 Å². The molecular weight excluding hydrogens is 480 g/mol. The summed E-state index contributed by atoms with van der Waals surface area (Å²) in [7, 11) is 0. The van der Waals surface area contributed by atoms with Gasteiger partial charge in [-0.3, -0.25) is 9.69 Å². The fourth-order valence-corrected chi connectivity index (χ4v) is 4.62. The molecule has 1 aromatic heterocycles. The molecule has 1 heterocycles. The summed E-state index contributed by atoms with van der Waals surface area (Å²) >= 11 is 0. The quantitative estimate of drug-likeness (QED) is 0.288. The van der Waals surface area contributed by atoms with Crippen molar-refractivity contribution < 1.29 is 28.9 Å². The lowest BCUT2D eigenvalue weighted by molar-refractivity contribution is -0.139. The van der Waals surface area contributed by atoms with Crippen molar-refractivity contribution in [1.29, 1.82) is 0 Å². The number of hydrogen-bond acceptors (Lipinski definition) is 5. The van der Waals surface area contributed by atoms with Gasteiger partial charge < -0.3 is 25.6 Å². The Morgan fingerprint density at radius 2 is 1.78 bits per heavy atom. The maximum Gasteiger partial charge on any atom is 0.320 e. The van der Waals surface area contributed by atoms with Crippen LogP contribution in [-0.2, 0) is 11.3 Å². The predicted molar refractivity (Wildman–Crippen MR) is 138 cm³/mol. The molecule has 200 valence electrons. The minimum atomic E-state index is -1.31. The van der Waals surface area contributed by atoms with Crippen molar-refractivity contribution in [2.75, 3.05) is 13.2 Å². The molecule has 0 saturated carbocycles. The number of carbonyl (C=O) groups is 1. The van der Waals surface area contributed by atoms with Crippen molar-refractivity contribution >= 4 is 5.97 Å². The van der Waals surface area contributed by atoms with Crippen LogP contribution in [0.3, 0.4) is 0 Å². The van der Waals surface area contributed by atoms with Gasteiger partial charge in [0.15, 0.2) is 0 Å². The van der Waals surface area contributed by atoms with E-state index in [9.17, 15) is 28.9 Å². The third-order valence-electron chi connectivity index (χ3n) is 6.36. The summed E-state index contributed by atoms with van der Waals surface area (Å²) < 4.78 is 30.7. The summed E-state index contributed by atoms with van der Waals surface area (Å²) in [6.45, 7) is 5.77. The molecule has 0 aliphatic rings. The number of aliphatic carboxylic acids is 1. The number of nitrogens with zero attached hydrogens (tertiary/aromatic N) is 2. The van der Waals surface area contributed by atoms with Crippen LogP contribution in [-0.4, -0.2) is 56.2 Å². The molecule has 3 aromatic rings. The molecule has 9 heteroatoms. The lowest BCUT2D eigenvalue weighted by Gasteiger charge is -2.43. The average molecular weight is 516 g/mol. The minimum Gasteiger partial charge on any atom is -0.480 e. The molecule has 1 unspecified atom stereocenters. The first-order valence-corrected chi connectivity index (χ1v) is 12.1. The standard InChI is InChI=1S/C28H35F2N3O4/c1-28(2,3)26(33(25(35)17-34)12-11-23(31)27(36)37)24-13-19(21-14-20(29)9-10-22(21)30)16-32(24)15-18-7-5-4-6-8-18/h4-10,13-14,16,23,25-26,34-35H,11-12,15,17,31H2,1-3H3,(H,36,37)/t23-,25?,26-/m0/s1. The Bertz CT molecular complexity index is 1190. The Labute approximate surface area is 215 Å². The van der Waals surface area contributed by atoms with Gasteiger partial charge in [0.05, 0.1) is 12.6 Å². The van der Waals surface area contributed by atoms with E-state index in [2.05, 4.69) is 0 Å². The SMILES string of the molecule is CC(C)(C)[C@H](c1cc(-c2cc(F)ccc2F)cn1Cc1ccccc1)N(CC[C@H](N)C(=O)O)C(O)CO. The molecule has 37 heavy (non-hydrogen) atoms. The topological polar surface area (TPSA) is 112 Å². The Balaban J connectivity index is 2.17. The van der Waals surface area contributed by atoms with Crippen LogP contribution in [0.5, 0.6) is 0 Å². The highest BCUT2D eigenvalue weighted by Crippen LogP contribution is 2.41. The van der Waals surface area contributed by atoms with Crippen LogP contribution in [0.2, 0.25) is 0 Å². The number of carboxylic acids is 1. The van der Waals surface area contributed by atoms with Crippen LogP contribution in [0.25, 0.3) is 11.1 Å². The largest absolute Gasteiger partial charge is 0.480 e. The maximum absolute atomic E-state index is 14.8. The number of rotatable bonds is 11. The molecule has 0 radical (unpaired) electrons. The summed E-state index contributed by atoms with van der Waals surface area (Å²) in [6, 6.07) is 12.9. The number of aromatic nitrogens is 1. The lowest BCUT2D eigenvalue weighted by Crippen LogP contribution is -2.48. The Hall–Kier alpha value is -3.11. The van der Waals surface area contributed by atoms with E-state index in [1.807, 2.05) is 55.7 Å². The van der Waals surface area contributed by atoms with Gasteiger partial charge in [0.2, 0.25) is 0 Å². The van der Waals surface area contributed by atoms with Gasteiger partial charge in [0.25, 0.3) is 0 Å². The van der Waals surface area contributed by atoms with Gasteiger partial charge in [-0.15, -0.1) is 0 Å². The van der Waals surface area contributed by atoms with Crippen LogP contribution in [0.4, 0.5) is 8.78 Å². The number of hydrogen-bond donors (Lipinski definition) is 4. The average Bonchev–Trinajstić information content (AvgIpc) is 3.24. The zero-order valence-electron chi connectivity index (χ0n) is 21.3. The number of halogens is 2. The number of nitrogens with two attached hydrogens (primary N) is 1. The van der Waals surface area contributed by atoms with Gasteiger partial charge >= 0.3 is 5.97 Å². The minimum absolute atomic E-state index is 0.0315. The van der Waals surface area contributed by atoms with Crippen molar-refractivity contribution in [2.45, 2.75) is 52.0 Å². The van der Waals surface area contributed by atoms with E-state index < -0.39 is 47.9 Å². The molecule has 3 atom stereocenters. The molecule has 5 N–H and O–H groups in total. The summed E-state index contributed by atoms with van der Waals surface area (Å²) in [4.78, 5) is 13.0. The monoisotopic (exact) mass is 515 g/mol. The lowest BCUT2D eigenvalue weighted by atomic mass is 9.82. The molecule has 7 nitrogen and oxygen atoms in total. The molecule has 0 aliphatic carbocycles. The second kappa shape index (κ2) is 12.0. The Morgan fingerprint density at radius 3 is 2.38 bits per heavy atom. The Kier molecular flexibility index (Phi) is 9.20.